The minimum absolute atomic E-state index is 0.281. The number of methoxy groups -OCH3 is 2. The van der Waals surface area contributed by atoms with Crippen molar-refractivity contribution in [1.82, 2.24) is 4.90 Å². The van der Waals surface area contributed by atoms with Gasteiger partial charge in [-0.05, 0) is 35.4 Å². The first kappa shape index (κ1) is 16.9. The van der Waals surface area contributed by atoms with Gasteiger partial charge in [0.2, 0.25) is 0 Å². The number of carbonyl (C=O) groups excluding carboxylic acids is 1. The Bertz CT molecular complexity index is 732. The second-order valence-corrected chi connectivity index (χ2v) is 6.82. The summed E-state index contributed by atoms with van der Waals surface area (Å²) in [6, 6.07) is 13.9. The van der Waals surface area contributed by atoms with Crippen LogP contribution < -0.4 is 4.74 Å². The van der Waals surface area contributed by atoms with Crippen LogP contribution in [-0.2, 0) is 17.8 Å². The summed E-state index contributed by atoms with van der Waals surface area (Å²) in [5.41, 5.74) is 2.91. The van der Waals surface area contributed by atoms with Crippen molar-refractivity contribution in [2.75, 3.05) is 26.5 Å². The summed E-state index contributed by atoms with van der Waals surface area (Å²) < 4.78 is 10.2. The summed E-state index contributed by atoms with van der Waals surface area (Å²) in [5, 5.41) is 0. The molecule has 0 saturated heterocycles. The van der Waals surface area contributed by atoms with Crippen molar-refractivity contribution in [3.8, 4) is 5.75 Å². The zero-order valence-electron chi connectivity index (χ0n) is 14.0. The van der Waals surface area contributed by atoms with Crippen molar-refractivity contribution < 1.29 is 14.3 Å². The van der Waals surface area contributed by atoms with E-state index < -0.39 is 0 Å². The van der Waals surface area contributed by atoms with Crippen molar-refractivity contribution in [2.45, 2.75) is 18.0 Å². The van der Waals surface area contributed by atoms with Crippen LogP contribution in [0.15, 0.2) is 47.4 Å². The Hall–Kier alpha value is -1.98. The third-order valence-corrected chi connectivity index (χ3v) is 5.24. The first-order chi connectivity index (χ1) is 11.7. The van der Waals surface area contributed by atoms with E-state index >= 15 is 0 Å². The maximum atomic E-state index is 12.0. The molecule has 0 saturated carbocycles. The van der Waals surface area contributed by atoms with E-state index in [0.717, 1.165) is 36.7 Å². The molecule has 0 atom stereocenters. The normalized spacial score (nSPS) is 14.6. The number of hydrogen-bond donors (Lipinski definition) is 0. The molecule has 24 heavy (non-hydrogen) atoms. The molecular formula is C19H21NO3S. The van der Waals surface area contributed by atoms with Gasteiger partial charge in [-0.15, -0.1) is 11.8 Å². The number of thioether (sulfide) groups is 1. The molecule has 0 unspecified atom stereocenters. The topological polar surface area (TPSA) is 38.8 Å². The second-order valence-electron chi connectivity index (χ2n) is 5.68. The van der Waals surface area contributed by atoms with E-state index in [-0.39, 0.29) is 5.97 Å². The lowest BCUT2D eigenvalue weighted by molar-refractivity contribution is 0.0598. The van der Waals surface area contributed by atoms with Crippen molar-refractivity contribution in [1.29, 1.82) is 0 Å². The smallest absolute Gasteiger partial charge is 0.338 e. The summed E-state index contributed by atoms with van der Waals surface area (Å²) in [5.74, 6) is 1.63. The van der Waals surface area contributed by atoms with E-state index in [9.17, 15) is 4.79 Å². The Morgan fingerprint density at radius 3 is 2.83 bits per heavy atom. The third-order valence-electron chi connectivity index (χ3n) is 4.14. The molecule has 0 bridgehead atoms. The van der Waals surface area contributed by atoms with E-state index in [1.54, 1.807) is 7.11 Å². The van der Waals surface area contributed by atoms with Gasteiger partial charge in [-0.1, -0.05) is 18.2 Å². The Labute approximate surface area is 146 Å². The fourth-order valence-electron chi connectivity index (χ4n) is 2.89. The molecule has 1 aliphatic rings. The molecule has 1 heterocycles. The summed E-state index contributed by atoms with van der Waals surface area (Å²) in [6.45, 7) is 2.54. The molecule has 0 fully saturated rings. The second kappa shape index (κ2) is 7.73. The van der Waals surface area contributed by atoms with Gasteiger partial charge in [0.25, 0.3) is 0 Å². The first-order valence-corrected chi connectivity index (χ1v) is 8.88. The summed E-state index contributed by atoms with van der Waals surface area (Å²) >= 11 is 1.87. The lowest BCUT2D eigenvalue weighted by Crippen LogP contribution is -2.25. The lowest BCUT2D eigenvalue weighted by Gasteiger charge is -2.21. The number of hydrogen-bond acceptors (Lipinski definition) is 5. The zero-order valence-corrected chi connectivity index (χ0v) is 14.8. The van der Waals surface area contributed by atoms with Crippen LogP contribution in [0.2, 0.25) is 0 Å². The Morgan fingerprint density at radius 2 is 2.04 bits per heavy atom. The third kappa shape index (κ3) is 3.74. The molecule has 0 spiro atoms. The monoisotopic (exact) mass is 343 g/mol. The molecule has 0 amide bonds. The molecule has 4 nitrogen and oxygen atoms in total. The predicted molar refractivity (Wildman–Crippen MR) is 95.6 cm³/mol. The first-order valence-electron chi connectivity index (χ1n) is 7.89. The van der Waals surface area contributed by atoms with E-state index in [1.807, 2.05) is 42.1 Å². The molecule has 5 heteroatoms. The van der Waals surface area contributed by atoms with E-state index in [1.165, 1.54) is 17.6 Å². The van der Waals surface area contributed by atoms with Crippen LogP contribution in [0.25, 0.3) is 0 Å². The molecule has 2 aromatic rings. The van der Waals surface area contributed by atoms with Crippen LogP contribution in [0.4, 0.5) is 0 Å². The van der Waals surface area contributed by atoms with Crippen LogP contribution in [0.1, 0.15) is 21.5 Å². The quantitative estimate of drug-likeness (QED) is 0.793. The predicted octanol–water partition coefficient (Wildman–Crippen LogP) is 3.59. The minimum atomic E-state index is -0.281. The fourth-order valence-corrected chi connectivity index (χ4v) is 3.94. The lowest BCUT2D eigenvalue weighted by atomic mass is 10.1. The van der Waals surface area contributed by atoms with Gasteiger partial charge in [-0.2, -0.15) is 0 Å². The maximum Gasteiger partial charge on any atom is 0.338 e. The molecule has 0 N–H and O–H groups in total. The van der Waals surface area contributed by atoms with E-state index in [0.29, 0.717) is 5.56 Å². The SMILES string of the molecule is COC(=O)c1ccccc1CN1CCSc2ccc(OC)cc2C1. The average molecular weight is 343 g/mol. The number of esters is 1. The number of fused-ring (bicyclic) bond motifs is 1. The average Bonchev–Trinajstić information content (AvgIpc) is 2.82. The van der Waals surface area contributed by atoms with Crippen molar-refractivity contribution in [2.24, 2.45) is 0 Å². The van der Waals surface area contributed by atoms with Gasteiger partial charge in [0.05, 0.1) is 19.8 Å². The van der Waals surface area contributed by atoms with Crippen LogP contribution in [0.5, 0.6) is 5.75 Å². The van der Waals surface area contributed by atoms with Crippen LogP contribution in [0, 0.1) is 0 Å². The maximum absolute atomic E-state index is 12.0. The molecule has 3 rings (SSSR count). The highest BCUT2D eigenvalue weighted by Gasteiger charge is 2.18. The van der Waals surface area contributed by atoms with Gasteiger partial charge < -0.3 is 9.47 Å². The van der Waals surface area contributed by atoms with Gasteiger partial charge in [0.15, 0.2) is 0 Å². The van der Waals surface area contributed by atoms with Crippen LogP contribution in [0.3, 0.4) is 0 Å². The highest BCUT2D eigenvalue weighted by Crippen LogP contribution is 2.31. The van der Waals surface area contributed by atoms with Crippen LogP contribution >= 0.6 is 11.8 Å². The molecule has 2 aromatic carbocycles. The van der Waals surface area contributed by atoms with Crippen molar-refractivity contribution in [3.63, 3.8) is 0 Å². The number of benzene rings is 2. The van der Waals surface area contributed by atoms with E-state index in [2.05, 4.69) is 17.0 Å². The molecule has 0 aliphatic carbocycles. The van der Waals surface area contributed by atoms with Gasteiger partial charge in [-0.25, -0.2) is 4.79 Å². The fraction of sp³-hybridized carbons (Fsp3) is 0.316. The van der Waals surface area contributed by atoms with Gasteiger partial charge in [0, 0.05) is 30.3 Å². The largest absolute Gasteiger partial charge is 0.497 e. The van der Waals surface area contributed by atoms with E-state index in [4.69, 9.17) is 9.47 Å². The Kier molecular flexibility index (Phi) is 5.43. The Morgan fingerprint density at radius 1 is 1.21 bits per heavy atom. The zero-order chi connectivity index (χ0) is 16.9. The molecule has 1 aliphatic heterocycles. The van der Waals surface area contributed by atoms with Gasteiger partial charge >= 0.3 is 5.97 Å². The highest BCUT2D eigenvalue weighted by molar-refractivity contribution is 7.99. The summed E-state index contributed by atoms with van der Waals surface area (Å²) in [7, 11) is 3.11. The number of carbonyl (C=O) groups is 1. The van der Waals surface area contributed by atoms with Crippen molar-refractivity contribution in [3.05, 3.63) is 59.2 Å². The number of rotatable bonds is 4. The molecule has 0 aromatic heterocycles. The van der Waals surface area contributed by atoms with Gasteiger partial charge in [0.1, 0.15) is 5.75 Å². The standard InChI is InChI=1S/C19H21NO3S/c1-22-16-7-8-18-15(11-16)13-20(9-10-24-18)12-14-5-3-4-6-17(14)19(21)23-2/h3-8,11H,9-10,12-13H2,1-2H3. The summed E-state index contributed by atoms with van der Waals surface area (Å²) in [4.78, 5) is 15.6. The molecule has 0 radical (unpaired) electrons. The summed E-state index contributed by atoms with van der Waals surface area (Å²) in [6.07, 6.45) is 0. The molecule has 126 valence electrons. The van der Waals surface area contributed by atoms with Crippen molar-refractivity contribution >= 4 is 17.7 Å². The Balaban J connectivity index is 1.82. The number of nitrogens with zero attached hydrogens (tertiary/aromatic N) is 1. The number of ether oxygens (including phenoxy) is 2. The molecular weight excluding hydrogens is 322 g/mol. The minimum Gasteiger partial charge on any atom is -0.497 e. The van der Waals surface area contributed by atoms with Crippen LogP contribution in [-0.4, -0.2) is 37.4 Å². The highest BCUT2D eigenvalue weighted by atomic mass is 32.2. The van der Waals surface area contributed by atoms with Gasteiger partial charge in [-0.3, -0.25) is 4.90 Å².